The first-order valence-electron chi connectivity index (χ1n) is 8.90. The van der Waals surface area contributed by atoms with E-state index in [0.717, 1.165) is 39.0 Å². The average molecular weight is 333 g/mol. The van der Waals surface area contributed by atoms with Gasteiger partial charge in [0.2, 0.25) is 5.91 Å². The Morgan fingerprint density at radius 2 is 2.17 bits per heavy atom. The fraction of sp³-hybridized carbons (Fsp3) is 0.632. The van der Waals surface area contributed by atoms with Gasteiger partial charge in [0, 0.05) is 39.6 Å². The summed E-state index contributed by atoms with van der Waals surface area (Å²) in [6.45, 7) is 6.53. The Balaban J connectivity index is 1.70. The second-order valence-electron chi connectivity index (χ2n) is 7.04. The Morgan fingerprint density at radius 1 is 1.42 bits per heavy atom. The van der Waals surface area contributed by atoms with Gasteiger partial charge in [-0.05, 0) is 37.9 Å². The number of aliphatic hydroxyl groups excluding tert-OH is 1. The zero-order valence-corrected chi connectivity index (χ0v) is 14.9. The summed E-state index contributed by atoms with van der Waals surface area (Å²) in [5.74, 6) is 0.534. The molecule has 0 aliphatic carbocycles. The molecule has 0 spiro atoms. The van der Waals surface area contributed by atoms with Crippen molar-refractivity contribution in [3.63, 3.8) is 0 Å². The quantitative estimate of drug-likeness (QED) is 0.754. The summed E-state index contributed by atoms with van der Waals surface area (Å²) in [6.07, 6.45) is 1.94. The van der Waals surface area contributed by atoms with E-state index in [2.05, 4.69) is 27.2 Å². The largest absolute Gasteiger partial charge is 0.390 e. The molecule has 0 radical (unpaired) electrons. The van der Waals surface area contributed by atoms with Crippen molar-refractivity contribution in [2.75, 3.05) is 39.8 Å². The predicted octanol–water partition coefficient (Wildman–Crippen LogP) is 1.33. The second-order valence-corrected chi connectivity index (χ2v) is 7.04. The van der Waals surface area contributed by atoms with E-state index in [-0.39, 0.29) is 12.0 Å². The van der Waals surface area contributed by atoms with Gasteiger partial charge in [0.15, 0.2) is 0 Å². The highest BCUT2D eigenvalue weighted by molar-refractivity contribution is 5.72. The Morgan fingerprint density at radius 3 is 2.88 bits per heavy atom. The minimum atomic E-state index is -0.349. The maximum Gasteiger partial charge on any atom is 0.216 e. The van der Waals surface area contributed by atoms with E-state index < -0.39 is 0 Å². The molecule has 2 unspecified atom stereocenters. The first kappa shape index (κ1) is 18.9. The number of carbonyl (C=O) groups is 1. The number of hydrogen-bond donors (Lipinski definition) is 2. The highest BCUT2D eigenvalue weighted by Crippen LogP contribution is 2.16. The molecule has 134 valence electrons. The molecule has 1 heterocycles. The van der Waals surface area contributed by atoms with Gasteiger partial charge >= 0.3 is 0 Å². The van der Waals surface area contributed by atoms with Crippen LogP contribution in [-0.4, -0.2) is 66.7 Å². The van der Waals surface area contributed by atoms with Crippen molar-refractivity contribution in [3.05, 3.63) is 35.9 Å². The first-order valence-corrected chi connectivity index (χ1v) is 8.90. The third-order valence-electron chi connectivity index (χ3n) is 4.53. The van der Waals surface area contributed by atoms with E-state index >= 15 is 0 Å². The predicted molar refractivity (Wildman–Crippen MR) is 96.6 cm³/mol. The van der Waals surface area contributed by atoms with Crippen LogP contribution < -0.4 is 5.32 Å². The molecule has 1 aliphatic rings. The Bertz CT molecular complexity index is 495. The van der Waals surface area contributed by atoms with Crippen molar-refractivity contribution >= 4 is 5.91 Å². The van der Waals surface area contributed by atoms with E-state index in [9.17, 15) is 9.90 Å². The van der Waals surface area contributed by atoms with Crippen LogP contribution in [0.2, 0.25) is 0 Å². The molecule has 2 N–H and O–H groups in total. The summed E-state index contributed by atoms with van der Waals surface area (Å²) in [6, 6.07) is 10.3. The number of β-amino-alcohol motifs (C(OH)–C–C–N with tert-alkyl or cyclic N) is 1. The van der Waals surface area contributed by atoms with E-state index in [0.29, 0.717) is 19.0 Å². The second kappa shape index (κ2) is 9.77. The number of benzene rings is 1. The molecule has 1 aromatic carbocycles. The van der Waals surface area contributed by atoms with Gasteiger partial charge in [-0.15, -0.1) is 0 Å². The van der Waals surface area contributed by atoms with Crippen LogP contribution >= 0.6 is 0 Å². The Kier molecular flexibility index (Phi) is 7.69. The van der Waals surface area contributed by atoms with Crippen LogP contribution in [-0.2, 0) is 11.3 Å². The minimum absolute atomic E-state index is 0.0368. The SMILES string of the molecule is CC(=O)NCC1CCCN(CC(O)CN(C)Cc2ccccc2)C1. The molecule has 1 aliphatic heterocycles. The number of nitrogens with zero attached hydrogens (tertiary/aromatic N) is 2. The van der Waals surface area contributed by atoms with Crippen molar-refractivity contribution in [2.24, 2.45) is 5.92 Å². The number of likely N-dealkylation sites (tertiary alicyclic amines) is 1. The molecule has 0 bridgehead atoms. The third kappa shape index (κ3) is 6.99. The third-order valence-corrected chi connectivity index (χ3v) is 4.53. The molecule has 0 aromatic heterocycles. The summed E-state index contributed by atoms with van der Waals surface area (Å²) >= 11 is 0. The van der Waals surface area contributed by atoms with Gasteiger partial charge in [-0.2, -0.15) is 0 Å². The first-order chi connectivity index (χ1) is 11.5. The van der Waals surface area contributed by atoms with E-state index in [1.165, 1.54) is 5.56 Å². The van der Waals surface area contributed by atoms with Crippen LogP contribution in [0.15, 0.2) is 30.3 Å². The lowest BCUT2D eigenvalue weighted by Gasteiger charge is -2.34. The number of hydrogen-bond acceptors (Lipinski definition) is 4. The van der Waals surface area contributed by atoms with Crippen LogP contribution in [0.4, 0.5) is 0 Å². The molecular formula is C19H31N3O2. The highest BCUT2D eigenvalue weighted by atomic mass is 16.3. The van der Waals surface area contributed by atoms with E-state index in [1.54, 1.807) is 6.92 Å². The van der Waals surface area contributed by atoms with Gasteiger partial charge in [-0.3, -0.25) is 9.69 Å². The molecule has 2 atom stereocenters. The van der Waals surface area contributed by atoms with E-state index in [4.69, 9.17) is 0 Å². The van der Waals surface area contributed by atoms with Crippen molar-refractivity contribution in [2.45, 2.75) is 32.4 Å². The summed E-state index contributed by atoms with van der Waals surface area (Å²) < 4.78 is 0. The van der Waals surface area contributed by atoms with Gasteiger partial charge < -0.3 is 15.3 Å². The standard InChI is InChI=1S/C19H31N3O2/c1-16(23)20-11-18-9-6-10-22(13-18)15-19(24)14-21(2)12-17-7-4-3-5-8-17/h3-5,7-8,18-19,24H,6,9-15H2,1-2H3,(H,20,23). The fourth-order valence-corrected chi connectivity index (χ4v) is 3.45. The van der Waals surface area contributed by atoms with Crippen LogP contribution in [0.5, 0.6) is 0 Å². The number of carbonyl (C=O) groups excluding carboxylic acids is 1. The van der Waals surface area contributed by atoms with Gasteiger partial charge in [0.1, 0.15) is 0 Å². The molecule has 0 saturated carbocycles. The van der Waals surface area contributed by atoms with Crippen LogP contribution in [0.25, 0.3) is 0 Å². The van der Waals surface area contributed by atoms with Crippen LogP contribution in [0.1, 0.15) is 25.3 Å². The number of likely N-dealkylation sites (N-methyl/N-ethyl adjacent to an activating group) is 1. The molecule has 1 amide bonds. The Labute approximate surface area is 145 Å². The van der Waals surface area contributed by atoms with Crippen LogP contribution in [0.3, 0.4) is 0 Å². The molecule has 24 heavy (non-hydrogen) atoms. The number of rotatable bonds is 8. The van der Waals surface area contributed by atoms with Crippen molar-refractivity contribution in [1.29, 1.82) is 0 Å². The summed E-state index contributed by atoms with van der Waals surface area (Å²) in [5, 5.41) is 13.3. The molecular weight excluding hydrogens is 302 g/mol. The zero-order chi connectivity index (χ0) is 17.4. The van der Waals surface area contributed by atoms with E-state index in [1.807, 2.05) is 25.2 Å². The molecule has 5 heteroatoms. The molecule has 1 fully saturated rings. The lowest BCUT2D eigenvalue weighted by molar-refractivity contribution is -0.119. The molecule has 1 saturated heterocycles. The number of amides is 1. The van der Waals surface area contributed by atoms with Gasteiger partial charge in [0.25, 0.3) is 0 Å². The zero-order valence-electron chi connectivity index (χ0n) is 14.9. The topological polar surface area (TPSA) is 55.8 Å². The Hall–Kier alpha value is -1.43. The smallest absolute Gasteiger partial charge is 0.216 e. The van der Waals surface area contributed by atoms with Crippen molar-refractivity contribution in [1.82, 2.24) is 15.1 Å². The fourth-order valence-electron chi connectivity index (χ4n) is 3.45. The van der Waals surface area contributed by atoms with Gasteiger partial charge in [-0.1, -0.05) is 30.3 Å². The lowest BCUT2D eigenvalue weighted by Crippen LogP contribution is -2.45. The normalized spacial score (nSPS) is 20.1. The summed E-state index contributed by atoms with van der Waals surface area (Å²) in [5.41, 5.74) is 1.26. The molecule has 1 aromatic rings. The monoisotopic (exact) mass is 333 g/mol. The number of piperidine rings is 1. The number of aliphatic hydroxyl groups is 1. The van der Waals surface area contributed by atoms with Gasteiger partial charge in [-0.25, -0.2) is 0 Å². The van der Waals surface area contributed by atoms with Crippen molar-refractivity contribution in [3.8, 4) is 0 Å². The van der Waals surface area contributed by atoms with Crippen molar-refractivity contribution < 1.29 is 9.90 Å². The maximum atomic E-state index is 11.0. The minimum Gasteiger partial charge on any atom is -0.390 e. The highest BCUT2D eigenvalue weighted by Gasteiger charge is 2.22. The lowest BCUT2D eigenvalue weighted by atomic mass is 9.97. The molecule has 2 rings (SSSR count). The molecule has 5 nitrogen and oxygen atoms in total. The summed E-state index contributed by atoms with van der Waals surface area (Å²) in [7, 11) is 2.05. The average Bonchev–Trinajstić information content (AvgIpc) is 2.54. The number of nitrogens with one attached hydrogen (secondary N) is 1. The van der Waals surface area contributed by atoms with Crippen LogP contribution in [0, 0.1) is 5.92 Å². The summed E-state index contributed by atoms with van der Waals surface area (Å²) in [4.78, 5) is 15.5. The maximum absolute atomic E-state index is 11.0. The van der Waals surface area contributed by atoms with Gasteiger partial charge in [0.05, 0.1) is 6.10 Å².